The fourth-order valence-corrected chi connectivity index (χ4v) is 3.86. The number of thiophene rings is 1. The number of hydrogen-bond donors (Lipinski definition) is 0. The lowest BCUT2D eigenvalue weighted by Gasteiger charge is -2.26. The van der Waals surface area contributed by atoms with E-state index in [1.54, 1.807) is 10.9 Å². The summed E-state index contributed by atoms with van der Waals surface area (Å²) >= 11 is 8.09. The van der Waals surface area contributed by atoms with E-state index in [4.69, 9.17) is 11.6 Å². The molecule has 0 N–H and O–H groups in total. The minimum absolute atomic E-state index is 0.483. The summed E-state index contributed by atoms with van der Waals surface area (Å²) in [7, 11) is 1.87. The molecule has 0 aliphatic carbocycles. The van der Waals surface area contributed by atoms with Crippen LogP contribution in [-0.2, 0) is 26.6 Å². The van der Waals surface area contributed by atoms with Crippen molar-refractivity contribution < 1.29 is 0 Å². The average molecular weight is 320 g/mol. The molecule has 1 aliphatic rings. The molecular formula is C14H14ClN5S. The largest absolute Gasteiger partial charge is 0.291 e. The molecule has 5 nitrogen and oxygen atoms in total. The standard InChI is InChI=1S/C14H14ClN5S/c1-19-14-10(6-16-19)13(15)17-12(18-14)8-20-4-2-11-9(7-20)3-5-21-11/h3,5-6H,2,4,7-8H2,1H3. The summed E-state index contributed by atoms with van der Waals surface area (Å²) < 4.78 is 1.74. The number of aromatic nitrogens is 4. The van der Waals surface area contributed by atoms with Gasteiger partial charge in [-0.1, -0.05) is 11.6 Å². The molecule has 4 heterocycles. The zero-order valence-electron chi connectivity index (χ0n) is 11.6. The molecule has 21 heavy (non-hydrogen) atoms. The first-order valence-electron chi connectivity index (χ1n) is 6.82. The van der Waals surface area contributed by atoms with Crippen LogP contribution in [0, 0.1) is 0 Å². The van der Waals surface area contributed by atoms with Crippen molar-refractivity contribution in [1.82, 2.24) is 24.6 Å². The fourth-order valence-electron chi connectivity index (χ4n) is 2.74. The van der Waals surface area contributed by atoms with Crippen molar-refractivity contribution in [1.29, 1.82) is 0 Å². The van der Waals surface area contributed by atoms with Gasteiger partial charge in [-0.05, 0) is 23.4 Å². The van der Waals surface area contributed by atoms with Crippen LogP contribution in [-0.4, -0.2) is 31.2 Å². The van der Waals surface area contributed by atoms with Crippen LogP contribution >= 0.6 is 22.9 Å². The van der Waals surface area contributed by atoms with Crippen LogP contribution in [0.4, 0.5) is 0 Å². The maximum atomic E-state index is 6.24. The molecule has 0 saturated heterocycles. The second-order valence-electron chi connectivity index (χ2n) is 5.27. The van der Waals surface area contributed by atoms with Crippen molar-refractivity contribution in [3.05, 3.63) is 39.1 Å². The van der Waals surface area contributed by atoms with Crippen LogP contribution in [0.3, 0.4) is 0 Å². The van der Waals surface area contributed by atoms with Crippen LogP contribution in [0.2, 0.25) is 5.15 Å². The highest BCUT2D eigenvalue weighted by Gasteiger charge is 2.19. The van der Waals surface area contributed by atoms with E-state index in [1.807, 2.05) is 18.4 Å². The quantitative estimate of drug-likeness (QED) is 0.681. The summed E-state index contributed by atoms with van der Waals surface area (Å²) in [6.45, 7) is 2.72. The van der Waals surface area contributed by atoms with Gasteiger partial charge >= 0.3 is 0 Å². The minimum atomic E-state index is 0.483. The molecular weight excluding hydrogens is 306 g/mol. The second kappa shape index (κ2) is 5.05. The first-order valence-corrected chi connectivity index (χ1v) is 8.08. The minimum Gasteiger partial charge on any atom is -0.291 e. The third kappa shape index (κ3) is 2.33. The maximum Gasteiger partial charge on any atom is 0.162 e. The average Bonchev–Trinajstić information content (AvgIpc) is 3.06. The Labute approximate surface area is 131 Å². The fraction of sp³-hybridized carbons (Fsp3) is 0.357. The molecule has 7 heteroatoms. The highest BCUT2D eigenvalue weighted by Crippen LogP contribution is 2.25. The van der Waals surface area contributed by atoms with Gasteiger partial charge in [0.15, 0.2) is 5.65 Å². The van der Waals surface area contributed by atoms with Crippen LogP contribution < -0.4 is 0 Å². The Balaban J connectivity index is 1.61. The predicted octanol–water partition coefficient (Wildman–Crippen LogP) is 2.64. The second-order valence-corrected chi connectivity index (χ2v) is 6.62. The molecule has 1 aliphatic heterocycles. The van der Waals surface area contributed by atoms with Crippen molar-refractivity contribution in [2.24, 2.45) is 7.05 Å². The molecule has 108 valence electrons. The summed E-state index contributed by atoms with van der Waals surface area (Å²) in [5.74, 6) is 0.759. The van der Waals surface area contributed by atoms with E-state index in [0.717, 1.165) is 42.9 Å². The van der Waals surface area contributed by atoms with Crippen LogP contribution in [0.5, 0.6) is 0 Å². The third-order valence-corrected chi connectivity index (χ3v) is 5.15. The van der Waals surface area contributed by atoms with Gasteiger partial charge in [-0.15, -0.1) is 11.3 Å². The predicted molar refractivity (Wildman–Crippen MR) is 83.5 cm³/mol. The monoisotopic (exact) mass is 319 g/mol. The first kappa shape index (κ1) is 13.2. The van der Waals surface area contributed by atoms with Crippen molar-refractivity contribution >= 4 is 34.0 Å². The zero-order chi connectivity index (χ0) is 14.4. The Morgan fingerprint density at radius 3 is 3.19 bits per heavy atom. The van der Waals surface area contributed by atoms with Gasteiger partial charge in [-0.25, -0.2) is 9.97 Å². The summed E-state index contributed by atoms with van der Waals surface area (Å²) in [6, 6.07) is 2.21. The van der Waals surface area contributed by atoms with Crippen molar-refractivity contribution in [3.8, 4) is 0 Å². The molecule has 0 fully saturated rings. The van der Waals surface area contributed by atoms with Gasteiger partial charge in [0.2, 0.25) is 0 Å². The summed E-state index contributed by atoms with van der Waals surface area (Å²) in [4.78, 5) is 12.9. The van der Waals surface area contributed by atoms with Gasteiger partial charge in [-0.2, -0.15) is 5.10 Å². The van der Waals surface area contributed by atoms with E-state index in [2.05, 4.69) is 31.4 Å². The van der Waals surface area contributed by atoms with E-state index in [-0.39, 0.29) is 0 Å². The number of hydrogen-bond acceptors (Lipinski definition) is 5. The topological polar surface area (TPSA) is 46.8 Å². The van der Waals surface area contributed by atoms with Crippen LogP contribution in [0.1, 0.15) is 16.3 Å². The van der Waals surface area contributed by atoms with E-state index in [0.29, 0.717) is 5.15 Å². The molecule has 0 amide bonds. The number of halogens is 1. The SMILES string of the molecule is Cn1ncc2c(Cl)nc(CN3CCc4sccc4C3)nc21. The number of aryl methyl sites for hydroxylation is 1. The van der Waals surface area contributed by atoms with Crippen molar-refractivity contribution in [2.45, 2.75) is 19.5 Å². The van der Waals surface area contributed by atoms with Gasteiger partial charge in [0.1, 0.15) is 11.0 Å². The Kier molecular flexibility index (Phi) is 3.17. The Morgan fingerprint density at radius 1 is 1.38 bits per heavy atom. The van der Waals surface area contributed by atoms with Crippen LogP contribution in [0.15, 0.2) is 17.6 Å². The smallest absolute Gasteiger partial charge is 0.162 e. The van der Waals surface area contributed by atoms with E-state index >= 15 is 0 Å². The molecule has 0 saturated carbocycles. The molecule has 0 unspecified atom stereocenters. The number of rotatable bonds is 2. The summed E-state index contributed by atoms with van der Waals surface area (Å²) in [5, 5.41) is 7.64. The van der Waals surface area contributed by atoms with Gasteiger partial charge in [0, 0.05) is 25.0 Å². The van der Waals surface area contributed by atoms with Crippen molar-refractivity contribution in [3.63, 3.8) is 0 Å². The number of nitrogens with zero attached hydrogens (tertiary/aromatic N) is 5. The Morgan fingerprint density at radius 2 is 2.29 bits per heavy atom. The molecule has 0 bridgehead atoms. The normalized spacial score (nSPS) is 15.5. The highest BCUT2D eigenvalue weighted by atomic mass is 35.5. The van der Waals surface area contributed by atoms with Gasteiger partial charge in [0.05, 0.1) is 18.1 Å². The number of fused-ring (bicyclic) bond motifs is 2. The molecule has 0 aromatic carbocycles. The van der Waals surface area contributed by atoms with E-state index in [1.165, 1.54) is 10.4 Å². The lowest BCUT2D eigenvalue weighted by molar-refractivity contribution is 0.241. The first-order chi connectivity index (χ1) is 10.2. The van der Waals surface area contributed by atoms with Crippen LogP contribution in [0.25, 0.3) is 11.0 Å². The third-order valence-electron chi connectivity index (χ3n) is 3.84. The molecule has 0 radical (unpaired) electrons. The lowest BCUT2D eigenvalue weighted by Crippen LogP contribution is -2.29. The zero-order valence-corrected chi connectivity index (χ0v) is 13.2. The highest BCUT2D eigenvalue weighted by molar-refractivity contribution is 7.10. The maximum absolute atomic E-state index is 6.24. The molecule has 3 aromatic heterocycles. The Hall–Kier alpha value is -1.50. The summed E-state index contributed by atoms with van der Waals surface area (Å²) in [5.41, 5.74) is 2.22. The van der Waals surface area contributed by atoms with Gasteiger partial charge in [-0.3, -0.25) is 9.58 Å². The molecule has 0 spiro atoms. The van der Waals surface area contributed by atoms with E-state index in [9.17, 15) is 0 Å². The Bertz CT molecular complexity index is 809. The van der Waals surface area contributed by atoms with Gasteiger partial charge in [0.25, 0.3) is 0 Å². The van der Waals surface area contributed by atoms with Gasteiger partial charge < -0.3 is 0 Å². The molecule has 4 rings (SSSR count). The van der Waals surface area contributed by atoms with Crippen molar-refractivity contribution in [2.75, 3.05) is 6.54 Å². The molecule has 3 aromatic rings. The van der Waals surface area contributed by atoms with E-state index < -0.39 is 0 Å². The lowest BCUT2D eigenvalue weighted by atomic mass is 10.1. The molecule has 0 atom stereocenters. The summed E-state index contributed by atoms with van der Waals surface area (Å²) in [6.07, 6.45) is 2.81.